The Bertz CT molecular complexity index is 1360. The molecule has 4 rings (SSSR count). The van der Waals surface area contributed by atoms with E-state index in [-0.39, 0.29) is 23.9 Å². The van der Waals surface area contributed by atoms with Gasteiger partial charge in [0.1, 0.15) is 11.7 Å². The first-order valence-corrected chi connectivity index (χ1v) is 11.5. The van der Waals surface area contributed by atoms with Crippen LogP contribution in [0.4, 0.5) is 11.8 Å². The van der Waals surface area contributed by atoms with Crippen LogP contribution in [0.5, 0.6) is 0 Å². The topological polar surface area (TPSA) is 137 Å². The van der Waals surface area contributed by atoms with Crippen molar-refractivity contribution in [3.63, 3.8) is 0 Å². The number of imidazole rings is 1. The standard InChI is InChI=1S/C24H27ClN6O4/c1-12-13(2)31(14(3)27-12)9-10-35-11-17-19(23(33)34-4)18(15-7-5-6-8-16(15)25)20-21(28-17)29-24(26)30-22(20)32/h5-8,18-19H,9-11H2,1-4H3,(H3,26,29,30,32). The Kier molecular flexibility index (Phi) is 7.04. The maximum atomic E-state index is 13.0. The van der Waals surface area contributed by atoms with Crippen molar-refractivity contribution < 1.29 is 14.3 Å². The highest BCUT2D eigenvalue weighted by molar-refractivity contribution is 6.31. The summed E-state index contributed by atoms with van der Waals surface area (Å²) in [5.74, 6) is -1.31. The van der Waals surface area contributed by atoms with E-state index in [1.54, 1.807) is 24.3 Å². The maximum absolute atomic E-state index is 13.0. The summed E-state index contributed by atoms with van der Waals surface area (Å²) in [6.45, 7) is 6.89. The van der Waals surface area contributed by atoms with Crippen molar-refractivity contribution in [1.29, 1.82) is 0 Å². The fourth-order valence-electron chi connectivity index (χ4n) is 4.49. The van der Waals surface area contributed by atoms with Gasteiger partial charge in [0.15, 0.2) is 5.82 Å². The molecule has 1 aliphatic heterocycles. The van der Waals surface area contributed by atoms with E-state index in [4.69, 9.17) is 26.8 Å². The van der Waals surface area contributed by atoms with Gasteiger partial charge in [-0.05, 0) is 32.4 Å². The van der Waals surface area contributed by atoms with Crippen LogP contribution in [0, 0.1) is 26.7 Å². The number of aromatic nitrogens is 4. The molecule has 0 fully saturated rings. The number of H-pyrrole nitrogens is 1. The molecule has 3 heterocycles. The summed E-state index contributed by atoms with van der Waals surface area (Å²) in [6.07, 6.45) is 0. The molecular weight excluding hydrogens is 472 g/mol. The van der Waals surface area contributed by atoms with Gasteiger partial charge in [-0.2, -0.15) is 4.98 Å². The van der Waals surface area contributed by atoms with Gasteiger partial charge in [-0.3, -0.25) is 14.6 Å². The summed E-state index contributed by atoms with van der Waals surface area (Å²) < 4.78 is 13.1. The lowest BCUT2D eigenvalue weighted by molar-refractivity contribution is -0.143. The first-order valence-electron chi connectivity index (χ1n) is 11.1. The highest BCUT2D eigenvalue weighted by atomic mass is 35.5. The van der Waals surface area contributed by atoms with Crippen molar-refractivity contribution in [2.75, 3.05) is 26.1 Å². The second-order valence-corrected chi connectivity index (χ2v) is 8.73. The lowest BCUT2D eigenvalue weighted by atomic mass is 9.77. The number of nitrogens with two attached hydrogens (primary N) is 1. The molecule has 0 aliphatic carbocycles. The minimum Gasteiger partial charge on any atom is -0.468 e. The third-order valence-electron chi connectivity index (χ3n) is 6.26. The molecule has 2 aromatic heterocycles. The third-order valence-corrected chi connectivity index (χ3v) is 6.60. The number of hydrogen-bond donors (Lipinski definition) is 2. The minimum absolute atomic E-state index is 0.0281. The van der Waals surface area contributed by atoms with Crippen LogP contribution in [0.3, 0.4) is 0 Å². The Morgan fingerprint density at radius 3 is 2.63 bits per heavy atom. The van der Waals surface area contributed by atoms with E-state index < -0.39 is 23.4 Å². The van der Waals surface area contributed by atoms with E-state index in [0.717, 1.165) is 17.2 Å². The van der Waals surface area contributed by atoms with Gasteiger partial charge in [0.25, 0.3) is 5.56 Å². The molecule has 1 aromatic carbocycles. The summed E-state index contributed by atoms with van der Waals surface area (Å²) >= 11 is 6.51. The lowest BCUT2D eigenvalue weighted by Gasteiger charge is -2.31. The summed E-state index contributed by atoms with van der Waals surface area (Å²) in [4.78, 5) is 41.7. The van der Waals surface area contributed by atoms with Crippen LogP contribution in [-0.2, 0) is 20.8 Å². The Balaban J connectivity index is 1.70. The van der Waals surface area contributed by atoms with Crippen LogP contribution in [0.1, 0.15) is 34.3 Å². The number of nitrogens with zero attached hydrogens (tertiary/aromatic N) is 4. The van der Waals surface area contributed by atoms with Crippen LogP contribution in [-0.4, -0.2) is 51.5 Å². The summed E-state index contributed by atoms with van der Waals surface area (Å²) in [5, 5.41) is 0.400. The number of halogens is 1. The molecule has 2 atom stereocenters. The average Bonchev–Trinajstić information content (AvgIpc) is 3.06. The van der Waals surface area contributed by atoms with Crippen LogP contribution < -0.4 is 11.3 Å². The second-order valence-electron chi connectivity index (χ2n) is 8.33. The van der Waals surface area contributed by atoms with E-state index >= 15 is 0 Å². The molecule has 0 spiro atoms. The monoisotopic (exact) mass is 498 g/mol. The van der Waals surface area contributed by atoms with Crippen LogP contribution >= 0.6 is 11.6 Å². The molecular formula is C24H27ClN6O4. The van der Waals surface area contributed by atoms with E-state index in [1.165, 1.54) is 7.11 Å². The van der Waals surface area contributed by atoms with Crippen molar-refractivity contribution in [2.24, 2.45) is 10.9 Å². The molecule has 11 heteroatoms. The van der Waals surface area contributed by atoms with Gasteiger partial charge in [0, 0.05) is 23.2 Å². The Morgan fingerprint density at radius 1 is 1.23 bits per heavy atom. The van der Waals surface area contributed by atoms with E-state index in [9.17, 15) is 9.59 Å². The first kappa shape index (κ1) is 24.6. The zero-order valence-electron chi connectivity index (χ0n) is 20.0. The first-order chi connectivity index (χ1) is 16.7. The largest absolute Gasteiger partial charge is 0.468 e. The number of carbonyl (C=O) groups excluding carboxylic acids is 1. The number of fused-ring (bicyclic) bond motifs is 1. The molecule has 0 saturated heterocycles. The molecule has 1 aliphatic rings. The molecule has 3 N–H and O–H groups in total. The Labute approximate surface area is 207 Å². The van der Waals surface area contributed by atoms with Crippen molar-refractivity contribution in [3.8, 4) is 0 Å². The van der Waals surface area contributed by atoms with E-state index in [1.807, 2.05) is 20.8 Å². The van der Waals surface area contributed by atoms with Gasteiger partial charge in [0.05, 0.1) is 37.3 Å². The second kappa shape index (κ2) is 10.0. The normalized spacial score (nSPS) is 17.1. The SMILES string of the molecule is COC(=O)C1C(COCCn2c(C)nc(C)c2C)=Nc2nc(N)[nH]c(=O)c2C1c1ccccc1Cl. The molecule has 2 unspecified atom stereocenters. The summed E-state index contributed by atoms with van der Waals surface area (Å²) in [6, 6.07) is 7.02. The number of methoxy groups -OCH3 is 1. The van der Waals surface area contributed by atoms with Crippen LogP contribution in [0.2, 0.25) is 5.02 Å². The van der Waals surface area contributed by atoms with Crippen molar-refractivity contribution in [2.45, 2.75) is 33.2 Å². The van der Waals surface area contributed by atoms with Gasteiger partial charge in [-0.25, -0.2) is 9.98 Å². The smallest absolute Gasteiger partial charge is 0.315 e. The van der Waals surface area contributed by atoms with E-state index in [0.29, 0.717) is 29.4 Å². The number of anilines is 1. The molecule has 0 saturated carbocycles. The predicted molar refractivity (Wildman–Crippen MR) is 132 cm³/mol. The average molecular weight is 499 g/mol. The van der Waals surface area contributed by atoms with Gasteiger partial charge < -0.3 is 19.8 Å². The third kappa shape index (κ3) is 4.71. The fourth-order valence-corrected chi connectivity index (χ4v) is 4.74. The zero-order valence-corrected chi connectivity index (χ0v) is 20.7. The predicted octanol–water partition coefficient (Wildman–Crippen LogP) is 2.85. The number of aryl methyl sites for hydroxylation is 2. The molecule has 0 radical (unpaired) electrons. The number of rotatable bonds is 7. The lowest BCUT2D eigenvalue weighted by Crippen LogP contribution is -2.39. The molecule has 0 bridgehead atoms. The minimum atomic E-state index is -0.933. The summed E-state index contributed by atoms with van der Waals surface area (Å²) in [7, 11) is 1.29. The highest BCUT2D eigenvalue weighted by Gasteiger charge is 2.43. The maximum Gasteiger partial charge on any atom is 0.315 e. The van der Waals surface area contributed by atoms with Crippen molar-refractivity contribution in [3.05, 3.63) is 68.0 Å². The van der Waals surface area contributed by atoms with Gasteiger partial charge >= 0.3 is 5.97 Å². The highest BCUT2D eigenvalue weighted by Crippen LogP contribution is 2.42. The van der Waals surface area contributed by atoms with Gasteiger partial charge in [-0.1, -0.05) is 29.8 Å². The van der Waals surface area contributed by atoms with Crippen LogP contribution in [0.25, 0.3) is 0 Å². The number of nitrogen functional groups attached to an aromatic ring is 1. The number of aromatic amines is 1. The van der Waals surface area contributed by atoms with Crippen molar-refractivity contribution in [1.82, 2.24) is 19.5 Å². The number of esters is 1. The Morgan fingerprint density at radius 2 is 1.97 bits per heavy atom. The molecule has 0 amide bonds. The molecule has 3 aromatic rings. The number of nitrogens with one attached hydrogen (secondary N) is 1. The quantitative estimate of drug-likeness (QED) is 0.377. The van der Waals surface area contributed by atoms with Gasteiger partial charge in [-0.15, -0.1) is 0 Å². The summed E-state index contributed by atoms with van der Waals surface area (Å²) in [5.41, 5.74) is 8.49. The van der Waals surface area contributed by atoms with Crippen molar-refractivity contribution >= 4 is 35.0 Å². The number of benzene rings is 1. The molecule has 184 valence electrons. The van der Waals surface area contributed by atoms with Crippen LogP contribution in [0.15, 0.2) is 34.1 Å². The Hall–Kier alpha value is -3.50. The zero-order chi connectivity index (χ0) is 25.3. The van der Waals surface area contributed by atoms with E-state index in [2.05, 4.69) is 24.5 Å². The van der Waals surface area contributed by atoms with Gasteiger partial charge in [0.2, 0.25) is 5.95 Å². The fraction of sp³-hybridized carbons (Fsp3) is 0.375. The number of hydrogen-bond acceptors (Lipinski definition) is 8. The number of carbonyl (C=O) groups is 1. The number of aliphatic imine (C=N–C) groups is 1. The number of ether oxygens (including phenoxy) is 2. The molecule has 10 nitrogen and oxygen atoms in total. The molecule has 35 heavy (non-hydrogen) atoms.